The van der Waals surface area contributed by atoms with E-state index in [1.54, 1.807) is 23.0 Å². The van der Waals surface area contributed by atoms with Crippen molar-refractivity contribution in [2.45, 2.75) is 37.5 Å². The van der Waals surface area contributed by atoms with E-state index >= 15 is 0 Å². The first-order chi connectivity index (χ1) is 9.70. The van der Waals surface area contributed by atoms with Gasteiger partial charge in [-0.3, -0.25) is 4.68 Å². The molecule has 3 rings (SSSR count). The molecule has 1 saturated carbocycles. The number of aromatic nitrogens is 2. The van der Waals surface area contributed by atoms with Crippen LogP contribution < -0.4 is 0 Å². The van der Waals surface area contributed by atoms with Gasteiger partial charge in [-0.15, -0.1) is 0 Å². The first kappa shape index (κ1) is 12.9. The summed E-state index contributed by atoms with van der Waals surface area (Å²) in [4.78, 5) is 2.77. The SMILES string of the molecule is [N-]=[N+]=NC1CCC[C@H](n2cc3c(F)cccc3n2)[C@H]1O. The van der Waals surface area contributed by atoms with Gasteiger partial charge in [0.25, 0.3) is 0 Å². The highest BCUT2D eigenvalue weighted by atomic mass is 19.1. The Morgan fingerprint density at radius 3 is 3.05 bits per heavy atom. The zero-order chi connectivity index (χ0) is 14.1. The minimum atomic E-state index is -0.794. The highest BCUT2D eigenvalue weighted by Crippen LogP contribution is 2.31. The molecule has 1 fully saturated rings. The highest BCUT2D eigenvalue weighted by Gasteiger charge is 2.33. The van der Waals surface area contributed by atoms with E-state index < -0.39 is 12.1 Å². The van der Waals surface area contributed by atoms with Crippen LogP contribution in [0.1, 0.15) is 25.3 Å². The number of hydrogen-bond acceptors (Lipinski definition) is 3. The molecular formula is C13H14FN5O. The molecule has 0 spiro atoms. The molecule has 1 N–H and O–H groups in total. The van der Waals surface area contributed by atoms with Crippen LogP contribution in [-0.4, -0.2) is 27.0 Å². The second-order valence-electron chi connectivity index (χ2n) is 5.04. The summed E-state index contributed by atoms with van der Waals surface area (Å²) in [6.07, 6.45) is 3.05. The maximum Gasteiger partial charge on any atom is 0.134 e. The van der Waals surface area contributed by atoms with Crippen molar-refractivity contribution >= 4 is 10.9 Å². The van der Waals surface area contributed by atoms with E-state index in [9.17, 15) is 9.50 Å². The van der Waals surface area contributed by atoms with Crippen LogP contribution in [-0.2, 0) is 0 Å². The summed E-state index contributed by atoms with van der Waals surface area (Å²) in [5.74, 6) is -0.328. The zero-order valence-corrected chi connectivity index (χ0v) is 10.7. The van der Waals surface area contributed by atoms with Crippen LogP contribution in [0.25, 0.3) is 21.3 Å². The fourth-order valence-electron chi connectivity index (χ4n) is 2.81. The van der Waals surface area contributed by atoms with Gasteiger partial charge in [0.2, 0.25) is 0 Å². The van der Waals surface area contributed by atoms with Crippen LogP contribution in [0.4, 0.5) is 4.39 Å². The van der Waals surface area contributed by atoms with Crippen molar-refractivity contribution in [3.8, 4) is 0 Å². The lowest BCUT2D eigenvalue weighted by Crippen LogP contribution is -2.37. The summed E-state index contributed by atoms with van der Waals surface area (Å²) in [5, 5.41) is 18.7. The van der Waals surface area contributed by atoms with Gasteiger partial charge in [-0.05, 0) is 30.5 Å². The van der Waals surface area contributed by atoms with Crippen LogP contribution in [0.5, 0.6) is 0 Å². The predicted molar refractivity (Wildman–Crippen MR) is 71.5 cm³/mol. The Kier molecular flexibility index (Phi) is 3.30. The summed E-state index contributed by atoms with van der Waals surface area (Å²) in [6.45, 7) is 0. The maximum atomic E-state index is 13.7. The normalized spacial score (nSPS) is 26.4. The molecular weight excluding hydrogens is 261 g/mol. The predicted octanol–water partition coefficient (Wildman–Crippen LogP) is 2.94. The largest absolute Gasteiger partial charge is 0.390 e. The molecule has 1 aromatic heterocycles. The number of azide groups is 1. The van der Waals surface area contributed by atoms with Gasteiger partial charge in [0.05, 0.1) is 29.1 Å². The maximum absolute atomic E-state index is 13.7. The molecule has 104 valence electrons. The second kappa shape index (κ2) is 5.11. The fraction of sp³-hybridized carbons (Fsp3) is 0.462. The van der Waals surface area contributed by atoms with E-state index in [2.05, 4.69) is 15.1 Å². The summed E-state index contributed by atoms with van der Waals surface area (Å²) >= 11 is 0. The minimum absolute atomic E-state index is 0.286. The summed E-state index contributed by atoms with van der Waals surface area (Å²) in [5.41, 5.74) is 9.08. The van der Waals surface area contributed by atoms with Gasteiger partial charge in [0.15, 0.2) is 0 Å². The van der Waals surface area contributed by atoms with E-state index in [-0.39, 0.29) is 11.9 Å². The quantitative estimate of drug-likeness (QED) is 0.519. The fourth-order valence-corrected chi connectivity index (χ4v) is 2.81. The van der Waals surface area contributed by atoms with Crippen molar-refractivity contribution in [2.24, 2.45) is 5.11 Å². The average molecular weight is 275 g/mol. The minimum Gasteiger partial charge on any atom is -0.390 e. The number of aliphatic hydroxyl groups excluding tert-OH is 1. The third-order valence-corrected chi connectivity index (χ3v) is 3.84. The van der Waals surface area contributed by atoms with Gasteiger partial charge in [-0.1, -0.05) is 17.6 Å². The van der Waals surface area contributed by atoms with E-state index in [1.807, 2.05) is 0 Å². The van der Waals surface area contributed by atoms with E-state index in [1.165, 1.54) is 6.07 Å². The van der Waals surface area contributed by atoms with Gasteiger partial charge in [0.1, 0.15) is 5.82 Å². The first-order valence-corrected chi connectivity index (χ1v) is 6.56. The summed E-state index contributed by atoms with van der Waals surface area (Å²) in [6, 6.07) is 3.99. The number of aliphatic hydroxyl groups is 1. The summed E-state index contributed by atoms with van der Waals surface area (Å²) < 4.78 is 15.3. The highest BCUT2D eigenvalue weighted by molar-refractivity contribution is 5.78. The van der Waals surface area contributed by atoms with Gasteiger partial charge in [-0.25, -0.2) is 4.39 Å². The molecule has 20 heavy (non-hydrogen) atoms. The first-order valence-electron chi connectivity index (χ1n) is 6.56. The molecule has 1 aliphatic rings. The zero-order valence-electron chi connectivity index (χ0n) is 10.7. The molecule has 7 heteroatoms. The topological polar surface area (TPSA) is 86.8 Å². The van der Waals surface area contributed by atoms with Crippen LogP contribution in [0.15, 0.2) is 29.5 Å². The summed E-state index contributed by atoms with van der Waals surface area (Å²) in [7, 11) is 0. The molecule has 6 nitrogen and oxygen atoms in total. The van der Waals surface area contributed by atoms with E-state index in [4.69, 9.17) is 5.53 Å². The van der Waals surface area contributed by atoms with Crippen molar-refractivity contribution in [1.29, 1.82) is 0 Å². The Morgan fingerprint density at radius 2 is 2.30 bits per heavy atom. The number of benzene rings is 1. The lowest BCUT2D eigenvalue weighted by molar-refractivity contribution is 0.0520. The van der Waals surface area contributed by atoms with E-state index in [0.717, 1.165) is 12.8 Å². The molecule has 0 amide bonds. The number of fused-ring (bicyclic) bond motifs is 1. The Balaban J connectivity index is 1.97. The molecule has 0 radical (unpaired) electrons. The molecule has 1 aliphatic carbocycles. The standard InChI is InChI=1S/C13H14FN5O/c14-9-3-1-4-10-8(9)7-19(17-10)12-6-2-5-11(13(12)20)16-18-15/h1,3-4,7,11-13,20H,2,5-6H2/t11?,12-,13-/m0/s1. The number of hydrogen-bond donors (Lipinski definition) is 1. The lowest BCUT2D eigenvalue weighted by Gasteiger charge is -2.32. The van der Waals surface area contributed by atoms with Crippen LogP contribution in [0.3, 0.4) is 0 Å². The molecule has 0 aliphatic heterocycles. The molecule has 0 bridgehead atoms. The molecule has 1 aromatic carbocycles. The monoisotopic (exact) mass is 275 g/mol. The van der Waals surface area contributed by atoms with Crippen LogP contribution in [0.2, 0.25) is 0 Å². The number of rotatable bonds is 2. The lowest BCUT2D eigenvalue weighted by atomic mass is 9.89. The molecule has 0 saturated heterocycles. The van der Waals surface area contributed by atoms with Crippen LogP contribution >= 0.6 is 0 Å². The van der Waals surface area contributed by atoms with Crippen molar-refractivity contribution in [3.63, 3.8) is 0 Å². The Hall–Kier alpha value is -2.11. The average Bonchev–Trinajstić information content (AvgIpc) is 2.87. The molecule has 1 unspecified atom stereocenters. The smallest absolute Gasteiger partial charge is 0.134 e. The molecule has 2 aromatic rings. The number of nitrogens with zero attached hydrogens (tertiary/aromatic N) is 5. The van der Waals surface area contributed by atoms with Gasteiger partial charge >= 0.3 is 0 Å². The second-order valence-corrected chi connectivity index (χ2v) is 5.04. The van der Waals surface area contributed by atoms with Crippen molar-refractivity contribution < 1.29 is 9.50 Å². The molecule has 3 atom stereocenters. The van der Waals surface area contributed by atoms with Crippen molar-refractivity contribution in [3.05, 3.63) is 40.7 Å². The van der Waals surface area contributed by atoms with Gasteiger partial charge < -0.3 is 5.11 Å². The van der Waals surface area contributed by atoms with Crippen molar-refractivity contribution in [1.82, 2.24) is 9.78 Å². The van der Waals surface area contributed by atoms with Crippen LogP contribution in [0, 0.1) is 5.82 Å². The Bertz CT molecular complexity index is 678. The third-order valence-electron chi connectivity index (χ3n) is 3.84. The Labute approximate surface area is 114 Å². The van der Waals surface area contributed by atoms with Gasteiger partial charge in [-0.2, -0.15) is 5.10 Å². The van der Waals surface area contributed by atoms with Gasteiger partial charge in [0, 0.05) is 11.1 Å². The molecule has 1 heterocycles. The van der Waals surface area contributed by atoms with Crippen molar-refractivity contribution in [2.75, 3.05) is 0 Å². The number of halogens is 1. The Morgan fingerprint density at radius 1 is 1.45 bits per heavy atom. The van der Waals surface area contributed by atoms with E-state index in [0.29, 0.717) is 17.3 Å². The third kappa shape index (κ3) is 2.11.